The summed E-state index contributed by atoms with van der Waals surface area (Å²) < 4.78 is 7.35. The standard InChI is InChI=1S/C23H19ClN4O3/c1-14-8-11-21(31-14)22-18(13-28(27-22)17-6-4-3-5-7-17)23(30)26-16-9-10-20(19(24)12-16)25-15(2)29/h3-13H,1-2H3,(H,25,29)(H,26,30). The Morgan fingerprint density at radius 1 is 1.03 bits per heavy atom. The number of benzene rings is 2. The van der Waals surface area contributed by atoms with Crippen molar-refractivity contribution in [2.45, 2.75) is 13.8 Å². The van der Waals surface area contributed by atoms with Gasteiger partial charge in [0.2, 0.25) is 5.91 Å². The summed E-state index contributed by atoms with van der Waals surface area (Å²) in [6.07, 6.45) is 1.66. The van der Waals surface area contributed by atoms with Crippen molar-refractivity contribution in [2.75, 3.05) is 10.6 Å². The van der Waals surface area contributed by atoms with Crippen LogP contribution in [0.3, 0.4) is 0 Å². The predicted octanol–water partition coefficient (Wildman–Crippen LogP) is 5.30. The number of nitrogens with one attached hydrogen (secondary N) is 2. The summed E-state index contributed by atoms with van der Waals surface area (Å²) in [6.45, 7) is 3.23. The number of nitrogens with zero attached hydrogens (tertiary/aromatic N) is 2. The van der Waals surface area contributed by atoms with E-state index >= 15 is 0 Å². The van der Waals surface area contributed by atoms with Gasteiger partial charge in [-0.05, 0) is 49.4 Å². The number of hydrogen-bond donors (Lipinski definition) is 2. The SMILES string of the molecule is CC(=O)Nc1ccc(NC(=O)c2cn(-c3ccccc3)nc2-c2ccc(C)o2)cc1Cl. The number of hydrogen-bond acceptors (Lipinski definition) is 4. The Morgan fingerprint density at radius 3 is 2.45 bits per heavy atom. The molecule has 0 unspecified atom stereocenters. The van der Waals surface area contributed by atoms with Gasteiger partial charge in [0.25, 0.3) is 5.91 Å². The van der Waals surface area contributed by atoms with Crippen LogP contribution < -0.4 is 10.6 Å². The first-order valence-corrected chi connectivity index (χ1v) is 9.89. The molecule has 4 rings (SSSR count). The molecule has 2 N–H and O–H groups in total. The summed E-state index contributed by atoms with van der Waals surface area (Å²) in [5, 5.41) is 10.4. The van der Waals surface area contributed by atoms with Gasteiger partial charge in [0.05, 0.1) is 22.0 Å². The van der Waals surface area contributed by atoms with Gasteiger partial charge in [-0.3, -0.25) is 9.59 Å². The van der Waals surface area contributed by atoms with E-state index < -0.39 is 0 Å². The second-order valence-electron chi connectivity index (χ2n) is 6.91. The molecule has 0 aliphatic rings. The number of carbonyl (C=O) groups is 2. The highest BCUT2D eigenvalue weighted by molar-refractivity contribution is 6.34. The maximum absolute atomic E-state index is 13.1. The molecular formula is C23H19ClN4O3. The molecule has 4 aromatic rings. The molecule has 8 heteroatoms. The summed E-state index contributed by atoms with van der Waals surface area (Å²) in [5.74, 6) is 0.618. The molecule has 2 aromatic carbocycles. The number of aryl methyl sites for hydroxylation is 1. The zero-order valence-corrected chi connectivity index (χ0v) is 17.6. The summed E-state index contributed by atoms with van der Waals surface area (Å²) in [7, 11) is 0. The Morgan fingerprint density at radius 2 is 1.81 bits per heavy atom. The smallest absolute Gasteiger partial charge is 0.259 e. The molecule has 0 bridgehead atoms. The number of anilines is 2. The number of furan rings is 1. The molecule has 0 aliphatic carbocycles. The molecule has 2 heterocycles. The number of rotatable bonds is 5. The maximum Gasteiger partial charge on any atom is 0.259 e. The zero-order valence-electron chi connectivity index (χ0n) is 16.8. The summed E-state index contributed by atoms with van der Waals surface area (Å²) in [4.78, 5) is 24.4. The molecule has 0 fully saturated rings. The van der Waals surface area contributed by atoms with Gasteiger partial charge < -0.3 is 15.1 Å². The quantitative estimate of drug-likeness (QED) is 0.445. The van der Waals surface area contributed by atoms with Crippen LogP contribution in [0.5, 0.6) is 0 Å². The lowest BCUT2D eigenvalue weighted by Gasteiger charge is -2.09. The molecule has 2 aromatic heterocycles. The van der Waals surface area contributed by atoms with E-state index in [2.05, 4.69) is 15.7 Å². The van der Waals surface area contributed by atoms with E-state index in [0.717, 1.165) is 11.4 Å². The van der Waals surface area contributed by atoms with Gasteiger partial charge in [-0.2, -0.15) is 5.10 Å². The summed E-state index contributed by atoms with van der Waals surface area (Å²) >= 11 is 6.22. The molecule has 156 valence electrons. The Bertz CT molecular complexity index is 1260. The number of halogens is 1. The van der Waals surface area contributed by atoms with Gasteiger partial charge in [-0.1, -0.05) is 29.8 Å². The van der Waals surface area contributed by atoms with Gasteiger partial charge in [0.15, 0.2) is 5.76 Å². The summed E-state index contributed by atoms with van der Waals surface area (Å²) in [5.41, 5.74) is 2.54. The third-order valence-electron chi connectivity index (χ3n) is 4.49. The average Bonchev–Trinajstić information content (AvgIpc) is 3.37. The van der Waals surface area contributed by atoms with Crippen LogP contribution in [0.2, 0.25) is 5.02 Å². The van der Waals surface area contributed by atoms with Crippen LogP contribution in [0.15, 0.2) is 71.3 Å². The number of para-hydroxylation sites is 1. The Balaban J connectivity index is 1.68. The minimum atomic E-state index is -0.366. The van der Waals surface area contributed by atoms with Gasteiger partial charge in [-0.15, -0.1) is 0 Å². The van der Waals surface area contributed by atoms with Crippen molar-refractivity contribution in [3.05, 3.63) is 83.2 Å². The van der Waals surface area contributed by atoms with Gasteiger partial charge >= 0.3 is 0 Å². The van der Waals surface area contributed by atoms with Crippen molar-refractivity contribution in [2.24, 2.45) is 0 Å². The lowest BCUT2D eigenvalue weighted by Crippen LogP contribution is -2.12. The second kappa shape index (κ2) is 8.49. The fraction of sp³-hybridized carbons (Fsp3) is 0.0870. The van der Waals surface area contributed by atoms with E-state index in [1.807, 2.05) is 43.3 Å². The molecule has 0 radical (unpaired) electrons. The van der Waals surface area contributed by atoms with Crippen LogP contribution in [0.4, 0.5) is 11.4 Å². The topological polar surface area (TPSA) is 89.2 Å². The Kier molecular flexibility index (Phi) is 5.60. The van der Waals surface area contributed by atoms with E-state index in [1.165, 1.54) is 6.92 Å². The first-order chi connectivity index (χ1) is 14.9. The fourth-order valence-corrected chi connectivity index (χ4v) is 3.31. The number of aromatic nitrogens is 2. The number of amides is 2. The van der Waals surface area contributed by atoms with Crippen LogP contribution in [-0.4, -0.2) is 21.6 Å². The van der Waals surface area contributed by atoms with Crippen LogP contribution in [0.1, 0.15) is 23.0 Å². The molecule has 0 saturated carbocycles. The lowest BCUT2D eigenvalue weighted by molar-refractivity contribution is -0.114. The predicted molar refractivity (Wildman–Crippen MR) is 120 cm³/mol. The van der Waals surface area contributed by atoms with Crippen LogP contribution >= 0.6 is 11.6 Å². The average molecular weight is 435 g/mol. The zero-order chi connectivity index (χ0) is 22.0. The molecule has 31 heavy (non-hydrogen) atoms. The molecule has 0 aliphatic heterocycles. The van der Waals surface area contributed by atoms with Crippen molar-refractivity contribution >= 4 is 34.8 Å². The lowest BCUT2D eigenvalue weighted by atomic mass is 10.2. The van der Waals surface area contributed by atoms with Crippen molar-refractivity contribution in [3.63, 3.8) is 0 Å². The molecule has 0 saturated heterocycles. The number of carbonyl (C=O) groups excluding carboxylic acids is 2. The molecule has 7 nitrogen and oxygen atoms in total. The van der Waals surface area contributed by atoms with E-state index in [0.29, 0.717) is 33.4 Å². The summed E-state index contributed by atoms with van der Waals surface area (Å²) in [6, 6.07) is 17.9. The van der Waals surface area contributed by atoms with E-state index in [9.17, 15) is 9.59 Å². The molecule has 2 amide bonds. The van der Waals surface area contributed by atoms with Gasteiger partial charge in [-0.25, -0.2) is 4.68 Å². The van der Waals surface area contributed by atoms with Crippen molar-refractivity contribution in [1.82, 2.24) is 9.78 Å². The highest BCUT2D eigenvalue weighted by Crippen LogP contribution is 2.28. The van der Waals surface area contributed by atoms with E-state index in [-0.39, 0.29) is 11.8 Å². The highest BCUT2D eigenvalue weighted by Gasteiger charge is 2.21. The Hall–Kier alpha value is -3.84. The minimum absolute atomic E-state index is 0.231. The highest BCUT2D eigenvalue weighted by atomic mass is 35.5. The third kappa shape index (κ3) is 4.51. The second-order valence-corrected chi connectivity index (χ2v) is 7.32. The van der Waals surface area contributed by atoms with Crippen molar-refractivity contribution in [1.29, 1.82) is 0 Å². The molecule has 0 atom stereocenters. The normalized spacial score (nSPS) is 10.7. The molecular weight excluding hydrogens is 416 g/mol. The first kappa shape index (κ1) is 20.4. The monoisotopic (exact) mass is 434 g/mol. The maximum atomic E-state index is 13.1. The van der Waals surface area contributed by atoms with E-state index in [1.54, 1.807) is 35.1 Å². The largest absolute Gasteiger partial charge is 0.460 e. The Labute approximate surface area is 183 Å². The van der Waals surface area contributed by atoms with Gasteiger partial charge in [0.1, 0.15) is 11.5 Å². The van der Waals surface area contributed by atoms with Crippen LogP contribution in [0, 0.1) is 6.92 Å². The van der Waals surface area contributed by atoms with Crippen molar-refractivity contribution < 1.29 is 14.0 Å². The van der Waals surface area contributed by atoms with E-state index in [4.69, 9.17) is 16.0 Å². The van der Waals surface area contributed by atoms with Crippen LogP contribution in [-0.2, 0) is 4.79 Å². The minimum Gasteiger partial charge on any atom is -0.460 e. The first-order valence-electron chi connectivity index (χ1n) is 9.51. The molecule has 0 spiro atoms. The van der Waals surface area contributed by atoms with Crippen molar-refractivity contribution in [3.8, 4) is 17.1 Å². The van der Waals surface area contributed by atoms with Crippen LogP contribution in [0.25, 0.3) is 17.1 Å². The third-order valence-corrected chi connectivity index (χ3v) is 4.80. The fourth-order valence-electron chi connectivity index (χ4n) is 3.08. The van der Waals surface area contributed by atoms with Gasteiger partial charge in [0, 0.05) is 18.8 Å².